The number of nitrogens with zero attached hydrogens (tertiary/aromatic N) is 1. The molecule has 182 valence electrons. The lowest BCUT2D eigenvalue weighted by Crippen LogP contribution is -2.34. The van der Waals surface area contributed by atoms with E-state index in [4.69, 9.17) is 5.11 Å². The second-order valence-electron chi connectivity index (χ2n) is 9.04. The van der Waals surface area contributed by atoms with Crippen LogP contribution in [0, 0.1) is 11.7 Å². The van der Waals surface area contributed by atoms with E-state index in [-0.39, 0.29) is 30.4 Å². The van der Waals surface area contributed by atoms with Crippen LogP contribution < -0.4 is 10.2 Å². The van der Waals surface area contributed by atoms with E-state index in [1.807, 2.05) is 41.3 Å². The number of carboxylic acids is 1. The van der Waals surface area contributed by atoms with Crippen molar-refractivity contribution < 1.29 is 23.9 Å². The first-order chi connectivity index (χ1) is 16.9. The third-order valence-electron chi connectivity index (χ3n) is 6.57. The van der Waals surface area contributed by atoms with Gasteiger partial charge in [-0.05, 0) is 66.3 Å². The molecule has 1 saturated heterocycles. The lowest BCUT2D eigenvalue weighted by molar-refractivity contribution is -0.138. The van der Waals surface area contributed by atoms with Crippen molar-refractivity contribution in [2.24, 2.45) is 5.92 Å². The molecule has 1 fully saturated rings. The molecule has 2 N–H and O–H groups in total. The van der Waals surface area contributed by atoms with Crippen LogP contribution in [0.1, 0.15) is 52.8 Å². The first-order valence-corrected chi connectivity index (χ1v) is 12.0. The van der Waals surface area contributed by atoms with Crippen LogP contribution in [-0.2, 0) is 4.79 Å². The summed E-state index contributed by atoms with van der Waals surface area (Å²) in [6, 6.07) is 17.9. The number of carbonyl (C=O) groups is 3. The van der Waals surface area contributed by atoms with Crippen molar-refractivity contribution in [3.05, 3.63) is 77.6 Å². The number of benzene rings is 3. The molecule has 1 aliphatic rings. The summed E-state index contributed by atoms with van der Waals surface area (Å²) >= 11 is 0. The van der Waals surface area contributed by atoms with Crippen molar-refractivity contribution in [3.63, 3.8) is 0 Å². The minimum absolute atomic E-state index is 0.120. The van der Waals surface area contributed by atoms with Crippen LogP contribution in [0.5, 0.6) is 0 Å². The Hall–Kier alpha value is -3.74. The summed E-state index contributed by atoms with van der Waals surface area (Å²) < 4.78 is 14.8. The second-order valence-corrected chi connectivity index (χ2v) is 9.04. The number of ketones is 1. The van der Waals surface area contributed by atoms with Crippen molar-refractivity contribution in [2.75, 3.05) is 24.5 Å². The van der Waals surface area contributed by atoms with Crippen LogP contribution in [0.15, 0.2) is 60.7 Å². The van der Waals surface area contributed by atoms with E-state index in [1.165, 1.54) is 6.07 Å². The second kappa shape index (κ2) is 11.1. The molecule has 35 heavy (non-hydrogen) atoms. The molecule has 0 unspecified atom stereocenters. The van der Waals surface area contributed by atoms with Gasteiger partial charge >= 0.3 is 5.97 Å². The minimum Gasteiger partial charge on any atom is -0.481 e. The molecule has 0 aromatic heterocycles. The summed E-state index contributed by atoms with van der Waals surface area (Å²) in [5.74, 6) is -1.49. The SMILES string of the molecule is O=C(O)CC1CCN(c2ccc(C(=O)CCCNC(=O)c3ccc4ccccc4c3)cc2F)CC1. The molecule has 0 aliphatic carbocycles. The number of amides is 1. The van der Waals surface area contributed by atoms with Crippen molar-refractivity contribution in [1.82, 2.24) is 5.32 Å². The molecule has 1 amide bonds. The summed E-state index contributed by atoms with van der Waals surface area (Å²) in [5.41, 5.74) is 1.32. The molecule has 1 aliphatic heterocycles. The summed E-state index contributed by atoms with van der Waals surface area (Å²) in [4.78, 5) is 37.8. The van der Waals surface area contributed by atoms with Crippen molar-refractivity contribution >= 4 is 34.1 Å². The molecular weight excluding hydrogens is 447 g/mol. The van der Waals surface area contributed by atoms with Gasteiger partial charge in [0.15, 0.2) is 5.78 Å². The van der Waals surface area contributed by atoms with Crippen LogP contribution in [0.25, 0.3) is 10.8 Å². The van der Waals surface area contributed by atoms with Crippen molar-refractivity contribution in [2.45, 2.75) is 32.1 Å². The normalized spacial score (nSPS) is 14.1. The summed E-state index contributed by atoms with van der Waals surface area (Å²) in [7, 11) is 0. The molecule has 3 aromatic carbocycles. The number of aliphatic carboxylic acids is 1. The Morgan fingerprint density at radius 1 is 0.943 bits per heavy atom. The Bertz CT molecular complexity index is 1230. The van der Waals surface area contributed by atoms with Gasteiger partial charge in [-0.15, -0.1) is 0 Å². The smallest absolute Gasteiger partial charge is 0.303 e. The highest BCUT2D eigenvalue weighted by Crippen LogP contribution is 2.28. The topological polar surface area (TPSA) is 86.7 Å². The first-order valence-electron chi connectivity index (χ1n) is 12.0. The average Bonchev–Trinajstić information content (AvgIpc) is 2.86. The molecule has 3 aromatic rings. The van der Waals surface area contributed by atoms with Gasteiger partial charge in [0.05, 0.1) is 5.69 Å². The number of Topliss-reactive ketones (excluding diaryl/α,β-unsaturated/α-hetero) is 1. The maximum Gasteiger partial charge on any atom is 0.303 e. The standard InChI is InChI=1S/C28H29FN2O4/c29-24-18-22(9-10-25(24)31-14-11-19(12-15-31)16-27(33)34)26(32)6-3-13-30-28(35)23-8-7-20-4-1-2-5-21(20)17-23/h1-2,4-5,7-10,17-19H,3,6,11-16H2,(H,30,35)(H,33,34). The molecule has 7 heteroatoms. The average molecular weight is 477 g/mol. The van der Waals surface area contributed by atoms with Crippen LogP contribution in [-0.4, -0.2) is 42.4 Å². The van der Waals surface area contributed by atoms with E-state index in [0.29, 0.717) is 55.7 Å². The van der Waals surface area contributed by atoms with Crippen LogP contribution in [0.4, 0.5) is 10.1 Å². The number of fused-ring (bicyclic) bond motifs is 1. The highest BCUT2D eigenvalue weighted by Gasteiger charge is 2.23. The zero-order valence-electron chi connectivity index (χ0n) is 19.5. The lowest BCUT2D eigenvalue weighted by Gasteiger charge is -2.33. The van der Waals surface area contributed by atoms with Crippen molar-refractivity contribution in [3.8, 4) is 0 Å². The molecule has 0 saturated carbocycles. The Labute approximate surface area is 203 Å². The molecule has 0 bridgehead atoms. The quantitative estimate of drug-likeness (QED) is 0.333. The summed E-state index contributed by atoms with van der Waals surface area (Å²) in [6.45, 7) is 1.54. The number of hydrogen-bond acceptors (Lipinski definition) is 4. The van der Waals surface area contributed by atoms with Gasteiger partial charge in [0.2, 0.25) is 0 Å². The van der Waals surface area contributed by atoms with Crippen molar-refractivity contribution in [1.29, 1.82) is 0 Å². The maximum absolute atomic E-state index is 14.8. The number of halogens is 1. The number of anilines is 1. The van der Waals surface area contributed by atoms with Crippen LogP contribution >= 0.6 is 0 Å². The molecule has 0 spiro atoms. The Morgan fingerprint density at radius 2 is 1.66 bits per heavy atom. The van der Waals surface area contributed by atoms with Gasteiger partial charge in [0.25, 0.3) is 5.91 Å². The van der Waals surface area contributed by atoms with E-state index in [9.17, 15) is 18.8 Å². The van der Waals surface area contributed by atoms with Gasteiger partial charge in [-0.2, -0.15) is 0 Å². The minimum atomic E-state index is -0.800. The van der Waals surface area contributed by atoms with Gasteiger partial charge in [-0.3, -0.25) is 14.4 Å². The molecule has 1 heterocycles. The van der Waals surface area contributed by atoms with E-state index in [1.54, 1.807) is 18.2 Å². The zero-order chi connectivity index (χ0) is 24.8. The zero-order valence-corrected chi connectivity index (χ0v) is 19.5. The van der Waals surface area contributed by atoms with Gasteiger partial charge in [0.1, 0.15) is 5.82 Å². The Balaban J connectivity index is 1.25. The van der Waals surface area contributed by atoms with Gasteiger partial charge < -0.3 is 15.3 Å². The highest BCUT2D eigenvalue weighted by molar-refractivity contribution is 5.99. The Kier molecular flexibility index (Phi) is 7.75. The van der Waals surface area contributed by atoms with E-state index < -0.39 is 11.8 Å². The maximum atomic E-state index is 14.8. The number of carbonyl (C=O) groups excluding carboxylic acids is 2. The summed E-state index contributed by atoms with van der Waals surface area (Å²) in [5, 5.41) is 13.8. The fourth-order valence-corrected chi connectivity index (χ4v) is 4.59. The Morgan fingerprint density at radius 3 is 2.37 bits per heavy atom. The van der Waals surface area contributed by atoms with E-state index in [0.717, 1.165) is 10.8 Å². The monoisotopic (exact) mass is 476 g/mol. The van der Waals surface area contributed by atoms with Crippen LogP contribution in [0.3, 0.4) is 0 Å². The predicted molar refractivity (Wildman–Crippen MR) is 133 cm³/mol. The number of carboxylic acid groups (broad SMARTS) is 1. The highest BCUT2D eigenvalue weighted by atomic mass is 19.1. The fourth-order valence-electron chi connectivity index (χ4n) is 4.59. The summed E-state index contributed by atoms with van der Waals surface area (Å²) in [6.07, 6.45) is 2.22. The molecule has 0 radical (unpaired) electrons. The number of piperidine rings is 1. The van der Waals surface area contributed by atoms with E-state index in [2.05, 4.69) is 5.32 Å². The number of hydrogen-bond donors (Lipinski definition) is 2. The molecule has 4 rings (SSSR count). The molecule has 0 atom stereocenters. The number of nitrogens with one attached hydrogen (secondary N) is 1. The van der Waals surface area contributed by atoms with Crippen LogP contribution in [0.2, 0.25) is 0 Å². The fraction of sp³-hybridized carbons (Fsp3) is 0.321. The van der Waals surface area contributed by atoms with Gasteiger partial charge in [-0.25, -0.2) is 4.39 Å². The third kappa shape index (κ3) is 6.23. The molecule has 6 nitrogen and oxygen atoms in total. The van der Waals surface area contributed by atoms with Gasteiger partial charge in [-0.1, -0.05) is 30.3 Å². The first kappa shape index (κ1) is 24.4. The largest absolute Gasteiger partial charge is 0.481 e. The van der Waals surface area contributed by atoms with E-state index >= 15 is 0 Å². The third-order valence-corrected chi connectivity index (χ3v) is 6.57. The van der Waals surface area contributed by atoms with Gasteiger partial charge in [0, 0.05) is 43.6 Å². The predicted octanol–water partition coefficient (Wildman–Crippen LogP) is 5.06. The lowest BCUT2D eigenvalue weighted by atomic mass is 9.93. The number of rotatable bonds is 9. The molecular formula is C28H29FN2O4.